The molecule has 0 saturated heterocycles. The van der Waals surface area contributed by atoms with E-state index in [1.165, 1.54) is 18.2 Å². The lowest BCUT2D eigenvalue weighted by molar-refractivity contribution is -0.145. The van der Waals surface area contributed by atoms with Crippen LogP contribution in [0.15, 0.2) is 24.3 Å². The van der Waals surface area contributed by atoms with Gasteiger partial charge in [-0.15, -0.1) is 0 Å². The van der Waals surface area contributed by atoms with Crippen LogP contribution in [0.3, 0.4) is 0 Å². The van der Waals surface area contributed by atoms with Crippen molar-refractivity contribution >= 4 is 17.6 Å². The van der Waals surface area contributed by atoms with Crippen molar-refractivity contribution in [2.75, 3.05) is 6.61 Å². The van der Waals surface area contributed by atoms with Crippen molar-refractivity contribution in [3.05, 3.63) is 41.5 Å². The van der Waals surface area contributed by atoms with Crippen LogP contribution in [0.2, 0.25) is 0 Å². The maximum Gasteiger partial charge on any atom is 0.408 e. The smallest absolute Gasteiger partial charge is 0.408 e. The third kappa shape index (κ3) is 7.05. The lowest BCUT2D eigenvalue weighted by Crippen LogP contribution is -2.44. The van der Waals surface area contributed by atoms with Crippen molar-refractivity contribution in [2.45, 2.75) is 45.8 Å². The highest BCUT2D eigenvalue weighted by molar-refractivity contribution is 5.83. The van der Waals surface area contributed by atoms with E-state index in [1.807, 2.05) is 0 Å². The average molecular weight is 380 g/mol. The number of amides is 1. The predicted molar refractivity (Wildman–Crippen MR) is 94.4 cm³/mol. The van der Waals surface area contributed by atoms with E-state index in [9.17, 15) is 23.6 Å². The fourth-order valence-corrected chi connectivity index (χ4v) is 2.07. The van der Waals surface area contributed by atoms with E-state index in [4.69, 9.17) is 9.47 Å². The van der Waals surface area contributed by atoms with Gasteiger partial charge in [-0.25, -0.2) is 18.4 Å². The Morgan fingerprint density at radius 3 is 2.56 bits per heavy atom. The van der Waals surface area contributed by atoms with Gasteiger partial charge in [0.1, 0.15) is 11.6 Å². The number of esters is 1. The summed E-state index contributed by atoms with van der Waals surface area (Å²) in [4.78, 5) is 24.0. The van der Waals surface area contributed by atoms with Crippen LogP contribution in [0.25, 0.3) is 5.57 Å². The molecule has 0 radical (unpaired) electrons. The Labute approximate surface area is 156 Å². The number of nitriles is 1. The number of halogens is 2. The van der Waals surface area contributed by atoms with Gasteiger partial charge in [-0.3, -0.25) is 0 Å². The zero-order valence-corrected chi connectivity index (χ0v) is 15.6. The monoisotopic (exact) mass is 380 g/mol. The van der Waals surface area contributed by atoms with E-state index in [0.29, 0.717) is 0 Å². The van der Waals surface area contributed by atoms with Crippen LogP contribution in [0, 0.1) is 23.0 Å². The molecule has 1 amide bonds. The van der Waals surface area contributed by atoms with Gasteiger partial charge in [0.15, 0.2) is 11.6 Å². The SMILES string of the molecule is CCOC(=O)[C@H](C/C=C(\C#N)c1cccc(F)c1F)NC(=O)OC(C)(C)C. The number of benzene rings is 1. The first-order chi connectivity index (χ1) is 12.6. The van der Waals surface area contributed by atoms with Gasteiger partial charge in [-0.05, 0) is 40.2 Å². The summed E-state index contributed by atoms with van der Waals surface area (Å²) in [5, 5.41) is 11.6. The summed E-state index contributed by atoms with van der Waals surface area (Å²) in [6.07, 6.45) is 0.220. The van der Waals surface area contributed by atoms with Gasteiger partial charge in [-0.2, -0.15) is 5.26 Å². The van der Waals surface area contributed by atoms with Gasteiger partial charge in [0.25, 0.3) is 0 Å². The molecule has 0 fully saturated rings. The molecule has 0 bridgehead atoms. The first kappa shape index (κ1) is 22.1. The van der Waals surface area contributed by atoms with Crippen molar-refractivity contribution in [1.29, 1.82) is 5.26 Å². The average Bonchev–Trinajstić information content (AvgIpc) is 2.56. The van der Waals surface area contributed by atoms with Crippen molar-refractivity contribution < 1.29 is 27.8 Å². The molecule has 1 aromatic rings. The number of rotatable bonds is 6. The van der Waals surface area contributed by atoms with Gasteiger partial charge >= 0.3 is 12.1 Å². The first-order valence-electron chi connectivity index (χ1n) is 8.29. The third-order valence-corrected chi connectivity index (χ3v) is 3.18. The molecule has 1 aromatic carbocycles. The second-order valence-corrected chi connectivity index (χ2v) is 6.52. The molecule has 146 valence electrons. The fourth-order valence-electron chi connectivity index (χ4n) is 2.07. The molecule has 0 aliphatic carbocycles. The summed E-state index contributed by atoms with van der Waals surface area (Å²) in [5.41, 5.74) is -1.19. The van der Waals surface area contributed by atoms with Crippen molar-refractivity contribution in [1.82, 2.24) is 5.32 Å². The van der Waals surface area contributed by atoms with E-state index in [-0.39, 0.29) is 24.2 Å². The second kappa shape index (κ2) is 9.67. The van der Waals surface area contributed by atoms with Crippen LogP contribution >= 0.6 is 0 Å². The van der Waals surface area contributed by atoms with E-state index in [0.717, 1.165) is 6.07 Å². The molecule has 27 heavy (non-hydrogen) atoms. The summed E-state index contributed by atoms with van der Waals surface area (Å²) in [7, 11) is 0. The molecule has 8 heteroatoms. The fraction of sp³-hybridized carbons (Fsp3) is 0.421. The van der Waals surface area contributed by atoms with Crippen LogP contribution in [0.5, 0.6) is 0 Å². The van der Waals surface area contributed by atoms with Gasteiger partial charge in [-0.1, -0.05) is 18.2 Å². The van der Waals surface area contributed by atoms with Crippen LogP contribution in [0.1, 0.15) is 39.7 Å². The van der Waals surface area contributed by atoms with E-state index >= 15 is 0 Å². The highest BCUT2D eigenvalue weighted by Gasteiger charge is 2.25. The Morgan fingerprint density at radius 2 is 2.00 bits per heavy atom. The highest BCUT2D eigenvalue weighted by Crippen LogP contribution is 2.21. The topological polar surface area (TPSA) is 88.4 Å². The molecular weight excluding hydrogens is 358 g/mol. The number of hydrogen-bond donors (Lipinski definition) is 1. The molecule has 1 rings (SSSR count). The minimum Gasteiger partial charge on any atom is -0.464 e. The lowest BCUT2D eigenvalue weighted by Gasteiger charge is -2.22. The number of alkyl carbamates (subject to hydrolysis) is 1. The van der Waals surface area contributed by atoms with Gasteiger partial charge in [0.2, 0.25) is 0 Å². The molecule has 0 spiro atoms. The largest absolute Gasteiger partial charge is 0.464 e. The number of nitrogens with one attached hydrogen (secondary N) is 1. The lowest BCUT2D eigenvalue weighted by atomic mass is 10.0. The maximum absolute atomic E-state index is 13.9. The summed E-state index contributed by atoms with van der Waals surface area (Å²) in [5.74, 6) is -3.00. The summed E-state index contributed by atoms with van der Waals surface area (Å²) in [6.45, 7) is 6.66. The number of allylic oxidation sites excluding steroid dienone is 1. The standard InChI is InChI=1S/C19H22F2N2O4/c1-5-26-17(24)15(23-18(25)27-19(2,3)4)10-9-12(11-22)13-7-6-8-14(20)16(13)21/h6-9,15H,5,10H2,1-4H3,(H,23,25)/b12-9+/t15-/m0/s1. The molecule has 0 heterocycles. The van der Waals surface area contributed by atoms with Crippen LogP contribution < -0.4 is 5.32 Å². The number of carbonyl (C=O) groups excluding carboxylic acids is 2. The van der Waals surface area contributed by atoms with Crippen molar-refractivity contribution in [3.63, 3.8) is 0 Å². The second-order valence-electron chi connectivity index (χ2n) is 6.52. The molecule has 0 aliphatic rings. The Morgan fingerprint density at radius 1 is 1.33 bits per heavy atom. The Balaban J connectivity index is 3.04. The Hall–Kier alpha value is -2.95. The number of hydrogen-bond acceptors (Lipinski definition) is 5. The molecule has 0 unspecified atom stereocenters. The predicted octanol–water partition coefficient (Wildman–Crippen LogP) is 3.72. The summed E-state index contributed by atoms with van der Waals surface area (Å²) >= 11 is 0. The Bertz CT molecular complexity index is 764. The zero-order chi connectivity index (χ0) is 20.6. The van der Waals surface area contributed by atoms with Crippen molar-refractivity contribution in [3.8, 4) is 6.07 Å². The van der Waals surface area contributed by atoms with Crippen LogP contribution in [-0.2, 0) is 14.3 Å². The zero-order valence-electron chi connectivity index (χ0n) is 15.6. The maximum atomic E-state index is 13.9. The first-order valence-corrected chi connectivity index (χ1v) is 8.29. The number of carbonyl (C=O) groups is 2. The Kier molecular flexibility index (Phi) is 7.91. The van der Waals surface area contributed by atoms with Crippen molar-refractivity contribution in [2.24, 2.45) is 0 Å². The highest BCUT2D eigenvalue weighted by atomic mass is 19.2. The van der Waals surface area contributed by atoms with E-state index in [1.54, 1.807) is 33.8 Å². The minimum absolute atomic E-state index is 0.0820. The van der Waals surface area contributed by atoms with E-state index < -0.39 is 35.3 Å². The van der Waals surface area contributed by atoms with Gasteiger partial charge < -0.3 is 14.8 Å². The van der Waals surface area contributed by atoms with Crippen LogP contribution in [0.4, 0.5) is 13.6 Å². The van der Waals surface area contributed by atoms with Crippen LogP contribution in [-0.4, -0.2) is 30.3 Å². The summed E-state index contributed by atoms with van der Waals surface area (Å²) in [6, 6.07) is 4.05. The summed E-state index contributed by atoms with van der Waals surface area (Å²) < 4.78 is 37.3. The minimum atomic E-state index is -1.17. The third-order valence-electron chi connectivity index (χ3n) is 3.18. The molecule has 0 saturated carbocycles. The number of ether oxygens (including phenoxy) is 2. The molecular formula is C19H22F2N2O4. The number of nitrogens with zero attached hydrogens (tertiary/aromatic N) is 1. The molecule has 0 aliphatic heterocycles. The molecule has 1 N–H and O–H groups in total. The van der Waals surface area contributed by atoms with Gasteiger partial charge in [0.05, 0.1) is 18.2 Å². The van der Waals surface area contributed by atoms with Gasteiger partial charge in [0, 0.05) is 5.56 Å². The quantitative estimate of drug-likeness (QED) is 0.600. The molecule has 6 nitrogen and oxygen atoms in total. The van der Waals surface area contributed by atoms with E-state index in [2.05, 4.69) is 5.32 Å². The molecule has 0 aromatic heterocycles. The molecule has 1 atom stereocenters. The normalized spacial score (nSPS) is 12.7.